The van der Waals surface area contributed by atoms with Crippen molar-refractivity contribution in [2.45, 2.75) is 51.9 Å². The van der Waals surface area contributed by atoms with Gasteiger partial charge >= 0.3 is 17.9 Å². The van der Waals surface area contributed by atoms with Gasteiger partial charge in [-0.25, -0.2) is 9.59 Å². The fraction of sp³-hybridized carbons (Fsp3) is 0.455. The largest absolute Gasteiger partial charge is 0.479 e. The summed E-state index contributed by atoms with van der Waals surface area (Å²) in [4.78, 5) is 48.3. The van der Waals surface area contributed by atoms with E-state index >= 15 is 0 Å². The highest BCUT2D eigenvalue weighted by Gasteiger charge is 2.51. The van der Waals surface area contributed by atoms with E-state index in [1.807, 2.05) is 0 Å². The van der Waals surface area contributed by atoms with Gasteiger partial charge in [0.1, 0.15) is 24.6 Å². The molecule has 30 heavy (non-hydrogen) atoms. The van der Waals surface area contributed by atoms with Gasteiger partial charge in [-0.1, -0.05) is 6.58 Å². The Morgan fingerprint density at radius 2 is 2.03 bits per heavy atom. The van der Waals surface area contributed by atoms with Gasteiger partial charge in [-0.15, -0.1) is 0 Å². The van der Waals surface area contributed by atoms with Crippen LogP contribution >= 0.6 is 0 Å². The van der Waals surface area contributed by atoms with Crippen molar-refractivity contribution in [1.29, 1.82) is 0 Å². The maximum atomic E-state index is 12.7. The van der Waals surface area contributed by atoms with Crippen molar-refractivity contribution < 1.29 is 38.1 Å². The first-order valence-corrected chi connectivity index (χ1v) is 9.56. The minimum absolute atomic E-state index is 0.0206. The van der Waals surface area contributed by atoms with Gasteiger partial charge < -0.3 is 18.9 Å². The maximum Gasteiger partial charge on any atom is 0.334 e. The van der Waals surface area contributed by atoms with E-state index in [4.69, 9.17) is 18.9 Å². The number of rotatable bonds is 4. The van der Waals surface area contributed by atoms with Crippen molar-refractivity contribution in [3.05, 3.63) is 47.3 Å². The lowest BCUT2D eigenvalue weighted by molar-refractivity contribution is -0.153. The van der Waals surface area contributed by atoms with Gasteiger partial charge in [0.05, 0.1) is 5.92 Å². The van der Waals surface area contributed by atoms with Crippen molar-refractivity contribution in [2.75, 3.05) is 6.61 Å². The molecule has 1 fully saturated rings. The molecule has 0 radical (unpaired) electrons. The smallest absolute Gasteiger partial charge is 0.334 e. The summed E-state index contributed by atoms with van der Waals surface area (Å²) >= 11 is 0. The van der Waals surface area contributed by atoms with Gasteiger partial charge in [-0.2, -0.15) is 0 Å². The van der Waals surface area contributed by atoms with Crippen LogP contribution in [0.4, 0.5) is 0 Å². The van der Waals surface area contributed by atoms with Gasteiger partial charge in [0.25, 0.3) is 0 Å². The summed E-state index contributed by atoms with van der Waals surface area (Å²) in [5.74, 6) is -2.22. The topological polar surface area (TPSA) is 105 Å². The molecule has 0 spiro atoms. The van der Waals surface area contributed by atoms with Crippen LogP contribution in [-0.2, 0) is 38.1 Å². The van der Waals surface area contributed by atoms with Crippen molar-refractivity contribution >= 4 is 23.7 Å². The highest BCUT2D eigenvalue weighted by Crippen LogP contribution is 2.42. The number of hydrogen-bond donors (Lipinski definition) is 0. The summed E-state index contributed by atoms with van der Waals surface area (Å²) in [5, 5.41) is 0. The van der Waals surface area contributed by atoms with Gasteiger partial charge in [-0.3, -0.25) is 9.59 Å². The lowest BCUT2D eigenvalue weighted by Gasteiger charge is -2.31. The van der Waals surface area contributed by atoms with E-state index in [0.717, 1.165) is 0 Å². The molecule has 0 aromatic rings. The van der Waals surface area contributed by atoms with Crippen molar-refractivity contribution in [2.24, 2.45) is 5.92 Å². The molecule has 8 nitrogen and oxygen atoms in total. The van der Waals surface area contributed by atoms with Crippen LogP contribution in [0.25, 0.3) is 0 Å². The lowest BCUT2D eigenvalue weighted by Crippen LogP contribution is -2.42. The molecule has 0 aliphatic carbocycles. The fourth-order valence-electron chi connectivity index (χ4n) is 3.66. The Balaban J connectivity index is 1.91. The van der Waals surface area contributed by atoms with Crippen LogP contribution in [0.15, 0.2) is 47.3 Å². The Morgan fingerprint density at radius 1 is 1.33 bits per heavy atom. The molecular weight excluding hydrogens is 392 g/mol. The standard InChI is InChI=1S/C22H24O8/c1-11(6-7-27-14(4)23)20(25)29-17-10-22(5)18(24)9-15(30-22)12(2)8-16-19(17)13(3)21(26)28-16/h6,8-9,16-17,19H,3,7,10H2,1-2,4-5H3. The molecule has 4 atom stereocenters. The van der Waals surface area contributed by atoms with Crippen LogP contribution in [0.2, 0.25) is 0 Å². The molecule has 0 saturated carbocycles. The summed E-state index contributed by atoms with van der Waals surface area (Å²) in [6.45, 7) is 9.90. The fourth-order valence-corrected chi connectivity index (χ4v) is 3.66. The van der Waals surface area contributed by atoms with Crippen LogP contribution in [0, 0.1) is 5.92 Å². The Labute approximate surface area is 174 Å². The highest BCUT2D eigenvalue weighted by molar-refractivity contribution is 6.00. The number of carbonyl (C=O) groups is 4. The summed E-state index contributed by atoms with van der Waals surface area (Å²) in [5.41, 5.74) is -0.205. The zero-order valence-corrected chi connectivity index (χ0v) is 17.4. The first kappa shape index (κ1) is 21.5. The number of allylic oxidation sites excluding steroid dienone is 1. The summed E-state index contributed by atoms with van der Waals surface area (Å²) in [7, 11) is 0. The first-order chi connectivity index (χ1) is 14.0. The minimum atomic E-state index is -1.24. The molecule has 3 aliphatic heterocycles. The van der Waals surface area contributed by atoms with Gasteiger partial charge in [0, 0.05) is 30.6 Å². The normalized spacial score (nSPS) is 30.7. The lowest BCUT2D eigenvalue weighted by atomic mass is 9.82. The quantitative estimate of drug-likeness (QED) is 0.390. The number of esters is 3. The molecule has 2 bridgehead atoms. The van der Waals surface area contributed by atoms with Crippen LogP contribution in [0.5, 0.6) is 0 Å². The van der Waals surface area contributed by atoms with Crippen LogP contribution in [0.1, 0.15) is 34.1 Å². The van der Waals surface area contributed by atoms with E-state index < -0.39 is 41.6 Å². The number of carbonyl (C=O) groups excluding carboxylic acids is 4. The molecule has 0 aromatic heterocycles. The average molecular weight is 416 g/mol. The predicted octanol–water partition coefficient (Wildman–Crippen LogP) is 2.10. The summed E-state index contributed by atoms with van der Waals surface area (Å²) in [6.07, 6.45) is 2.93. The van der Waals surface area contributed by atoms with Crippen molar-refractivity contribution in [1.82, 2.24) is 0 Å². The Kier molecular flexibility index (Phi) is 5.70. The number of hydrogen-bond acceptors (Lipinski definition) is 8. The molecule has 8 heteroatoms. The third-order valence-corrected chi connectivity index (χ3v) is 5.43. The second-order valence-corrected chi connectivity index (χ2v) is 7.81. The molecule has 4 unspecified atom stereocenters. The predicted molar refractivity (Wildman–Crippen MR) is 104 cm³/mol. The van der Waals surface area contributed by atoms with Crippen LogP contribution < -0.4 is 0 Å². The SMILES string of the molecule is C=C1C(=O)OC2C=C(C)C3=CC(=O)C(C)(CC(OC(=O)C(C)=CCOC(C)=O)C12)O3. The van der Waals surface area contributed by atoms with Gasteiger partial charge in [0.2, 0.25) is 5.78 Å². The Morgan fingerprint density at radius 3 is 2.70 bits per heavy atom. The van der Waals surface area contributed by atoms with Gasteiger partial charge in [-0.05, 0) is 38.5 Å². The molecule has 160 valence electrons. The highest BCUT2D eigenvalue weighted by atomic mass is 16.6. The molecule has 3 heterocycles. The second-order valence-electron chi connectivity index (χ2n) is 7.81. The van der Waals surface area contributed by atoms with Crippen LogP contribution in [0.3, 0.4) is 0 Å². The summed E-state index contributed by atoms with van der Waals surface area (Å²) in [6, 6.07) is 0. The Hall–Kier alpha value is -3.16. The van der Waals surface area contributed by atoms with E-state index in [1.165, 1.54) is 26.0 Å². The van der Waals surface area contributed by atoms with E-state index in [2.05, 4.69) is 6.58 Å². The number of ether oxygens (including phenoxy) is 4. The second kappa shape index (κ2) is 7.93. The zero-order chi connectivity index (χ0) is 22.2. The van der Waals surface area contributed by atoms with E-state index in [-0.39, 0.29) is 30.0 Å². The summed E-state index contributed by atoms with van der Waals surface area (Å²) < 4.78 is 21.8. The average Bonchev–Trinajstić information content (AvgIpc) is 3.10. The van der Waals surface area contributed by atoms with E-state index in [1.54, 1.807) is 19.9 Å². The monoisotopic (exact) mass is 416 g/mol. The molecule has 3 rings (SSSR count). The molecular formula is C22H24O8. The van der Waals surface area contributed by atoms with E-state index in [0.29, 0.717) is 11.3 Å². The van der Waals surface area contributed by atoms with E-state index in [9.17, 15) is 19.2 Å². The third kappa shape index (κ3) is 4.08. The third-order valence-electron chi connectivity index (χ3n) is 5.43. The minimum Gasteiger partial charge on any atom is -0.479 e. The maximum absolute atomic E-state index is 12.7. The first-order valence-electron chi connectivity index (χ1n) is 9.56. The molecule has 1 saturated heterocycles. The molecule has 0 N–H and O–H groups in total. The molecule has 0 aromatic carbocycles. The van der Waals surface area contributed by atoms with Crippen LogP contribution in [-0.4, -0.2) is 48.1 Å². The molecule has 3 aliphatic rings. The Bertz CT molecular complexity index is 921. The number of fused-ring (bicyclic) bond motifs is 3. The van der Waals surface area contributed by atoms with Gasteiger partial charge in [0.15, 0.2) is 5.60 Å². The zero-order valence-electron chi connectivity index (χ0n) is 17.4. The molecule has 0 amide bonds. The van der Waals surface area contributed by atoms with Crippen molar-refractivity contribution in [3.8, 4) is 0 Å². The number of ketones is 1. The van der Waals surface area contributed by atoms with Crippen molar-refractivity contribution in [3.63, 3.8) is 0 Å².